The first-order valence-corrected chi connectivity index (χ1v) is 9.58. The Kier molecular flexibility index (Phi) is 7.32. The maximum Gasteiger partial charge on any atom is 0.338 e. The highest BCUT2D eigenvalue weighted by Gasteiger charge is 2.16. The molecule has 1 atom stereocenters. The van der Waals surface area contributed by atoms with Gasteiger partial charge in [-0.1, -0.05) is 11.6 Å². The second-order valence-electron chi connectivity index (χ2n) is 6.44. The van der Waals surface area contributed by atoms with Gasteiger partial charge in [-0.15, -0.1) is 0 Å². The number of amides is 1. The summed E-state index contributed by atoms with van der Waals surface area (Å²) in [4.78, 5) is 24.2. The number of benzene rings is 2. The van der Waals surface area contributed by atoms with Crippen LogP contribution in [0.5, 0.6) is 11.5 Å². The first-order chi connectivity index (χ1) is 14.0. The zero-order valence-electron chi connectivity index (χ0n) is 16.0. The highest BCUT2D eigenvalue weighted by atomic mass is 35.5. The second kappa shape index (κ2) is 10.1. The highest BCUT2D eigenvalue weighted by Crippen LogP contribution is 2.27. The van der Waals surface area contributed by atoms with Gasteiger partial charge in [-0.25, -0.2) is 4.79 Å². The highest BCUT2D eigenvalue weighted by molar-refractivity contribution is 6.31. The molecule has 1 fully saturated rings. The van der Waals surface area contributed by atoms with Crippen LogP contribution in [-0.4, -0.2) is 44.9 Å². The third-order valence-corrected chi connectivity index (χ3v) is 4.55. The standard InChI is InChI=1S/C21H22ClNO6/c1-26-19-9-6-15(22)11-18(19)23-20(24)13-29-21(25)14-4-7-16(8-5-14)28-12-17-3-2-10-27-17/h4-9,11,17H,2-3,10,12-13H2,1H3,(H,23,24)/t17-/m0/s1. The van der Waals surface area contributed by atoms with Crippen molar-refractivity contribution in [1.29, 1.82) is 0 Å². The van der Waals surface area contributed by atoms with Gasteiger partial charge in [0.25, 0.3) is 5.91 Å². The van der Waals surface area contributed by atoms with E-state index in [4.69, 9.17) is 30.5 Å². The fraction of sp³-hybridized carbons (Fsp3) is 0.333. The topological polar surface area (TPSA) is 83.1 Å². The Balaban J connectivity index is 1.47. The van der Waals surface area contributed by atoms with Gasteiger partial charge in [-0.05, 0) is 55.3 Å². The van der Waals surface area contributed by atoms with Crippen molar-refractivity contribution in [3.8, 4) is 11.5 Å². The molecule has 0 unspecified atom stereocenters. The number of hydrogen-bond acceptors (Lipinski definition) is 6. The number of halogens is 1. The zero-order valence-corrected chi connectivity index (χ0v) is 16.7. The van der Waals surface area contributed by atoms with E-state index in [2.05, 4.69) is 5.32 Å². The van der Waals surface area contributed by atoms with E-state index >= 15 is 0 Å². The summed E-state index contributed by atoms with van der Waals surface area (Å²) in [6, 6.07) is 11.4. The Bertz CT molecular complexity index is 849. The summed E-state index contributed by atoms with van der Waals surface area (Å²) in [7, 11) is 1.48. The van der Waals surface area contributed by atoms with Gasteiger partial charge >= 0.3 is 5.97 Å². The van der Waals surface area contributed by atoms with Gasteiger partial charge in [-0.2, -0.15) is 0 Å². The number of nitrogens with one attached hydrogen (secondary N) is 1. The predicted octanol–water partition coefficient (Wildman–Crippen LogP) is 3.70. The molecule has 0 spiro atoms. The second-order valence-corrected chi connectivity index (χ2v) is 6.88. The molecule has 29 heavy (non-hydrogen) atoms. The van der Waals surface area contributed by atoms with Gasteiger partial charge in [0.15, 0.2) is 6.61 Å². The van der Waals surface area contributed by atoms with Crippen LogP contribution in [-0.2, 0) is 14.3 Å². The molecule has 3 rings (SSSR count). The molecule has 0 saturated carbocycles. The van der Waals surface area contributed by atoms with Gasteiger partial charge in [0.1, 0.15) is 18.1 Å². The maximum absolute atomic E-state index is 12.1. The van der Waals surface area contributed by atoms with Crippen LogP contribution in [0, 0.1) is 0 Å². The number of ether oxygens (including phenoxy) is 4. The lowest BCUT2D eigenvalue weighted by Gasteiger charge is -2.12. The van der Waals surface area contributed by atoms with E-state index in [1.807, 2.05) is 0 Å². The van der Waals surface area contributed by atoms with E-state index < -0.39 is 18.5 Å². The zero-order chi connectivity index (χ0) is 20.6. The van der Waals surface area contributed by atoms with Gasteiger partial charge in [0.05, 0.1) is 24.5 Å². The summed E-state index contributed by atoms with van der Waals surface area (Å²) in [6.45, 7) is 0.819. The quantitative estimate of drug-likeness (QED) is 0.657. The normalized spacial score (nSPS) is 15.6. The monoisotopic (exact) mass is 419 g/mol. The summed E-state index contributed by atoms with van der Waals surface area (Å²) in [5, 5.41) is 3.05. The van der Waals surface area contributed by atoms with Crippen molar-refractivity contribution in [2.24, 2.45) is 0 Å². The average molecular weight is 420 g/mol. The summed E-state index contributed by atoms with van der Waals surface area (Å²) in [5.74, 6) is -0.0187. The van der Waals surface area contributed by atoms with Gasteiger partial charge < -0.3 is 24.3 Å². The van der Waals surface area contributed by atoms with E-state index in [0.29, 0.717) is 34.4 Å². The van der Waals surface area contributed by atoms with Crippen molar-refractivity contribution in [3.63, 3.8) is 0 Å². The van der Waals surface area contributed by atoms with Crippen LogP contribution in [0.1, 0.15) is 23.2 Å². The van der Waals surface area contributed by atoms with Crippen LogP contribution in [0.3, 0.4) is 0 Å². The molecule has 1 aliphatic rings. The molecule has 154 valence electrons. The summed E-state index contributed by atoms with van der Waals surface area (Å²) < 4.78 is 21.4. The van der Waals surface area contributed by atoms with E-state index in [1.165, 1.54) is 7.11 Å². The number of esters is 1. The minimum Gasteiger partial charge on any atom is -0.495 e. The van der Waals surface area contributed by atoms with Crippen molar-refractivity contribution in [2.45, 2.75) is 18.9 Å². The summed E-state index contributed by atoms with van der Waals surface area (Å²) in [5.41, 5.74) is 0.719. The van der Waals surface area contributed by atoms with Gasteiger partial charge in [0.2, 0.25) is 0 Å². The molecule has 0 aromatic heterocycles. The molecule has 2 aromatic rings. The SMILES string of the molecule is COc1ccc(Cl)cc1NC(=O)COC(=O)c1ccc(OC[C@@H]2CCCO2)cc1. The number of methoxy groups -OCH3 is 1. The third-order valence-electron chi connectivity index (χ3n) is 4.32. The number of rotatable bonds is 8. The van der Waals surface area contributed by atoms with Crippen LogP contribution in [0.4, 0.5) is 5.69 Å². The van der Waals surface area contributed by atoms with Crippen LogP contribution in [0.15, 0.2) is 42.5 Å². The van der Waals surface area contributed by atoms with Crippen LogP contribution in [0.2, 0.25) is 5.02 Å². The Morgan fingerprint density at radius 3 is 2.69 bits per heavy atom. The van der Waals surface area contributed by atoms with E-state index in [0.717, 1.165) is 19.4 Å². The van der Waals surface area contributed by atoms with Crippen molar-refractivity contribution in [1.82, 2.24) is 0 Å². The molecule has 7 nitrogen and oxygen atoms in total. The Morgan fingerprint density at radius 2 is 2.00 bits per heavy atom. The smallest absolute Gasteiger partial charge is 0.338 e. The van der Waals surface area contributed by atoms with Crippen LogP contribution < -0.4 is 14.8 Å². The molecule has 0 aliphatic carbocycles. The fourth-order valence-corrected chi connectivity index (χ4v) is 3.00. The number of hydrogen-bond donors (Lipinski definition) is 1. The Hall–Kier alpha value is -2.77. The molecule has 1 N–H and O–H groups in total. The molecule has 1 aliphatic heterocycles. The Labute approximate surface area is 173 Å². The number of carbonyl (C=O) groups is 2. The predicted molar refractivity (Wildman–Crippen MR) is 108 cm³/mol. The van der Waals surface area contributed by atoms with Gasteiger partial charge in [0, 0.05) is 11.6 Å². The first-order valence-electron chi connectivity index (χ1n) is 9.20. The van der Waals surface area contributed by atoms with Crippen molar-refractivity contribution < 1.29 is 28.5 Å². The molecule has 0 radical (unpaired) electrons. The molecule has 1 saturated heterocycles. The van der Waals surface area contributed by atoms with E-state index in [-0.39, 0.29) is 6.10 Å². The molecule has 8 heteroatoms. The minimum absolute atomic E-state index is 0.122. The van der Waals surface area contributed by atoms with E-state index in [1.54, 1.807) is 42.5 Å². The van der Waals surface area contributed by atoms with Crippen molar-refractivity contribution in [3.05, 3.63) is 53.1 Å². The largest absolute Gasteiger partial charge is 0.495 e. The number of anilines is 1. The summed E-state index contributed by atoms with van der Waals surface area (Å²) in [6.07, 6.45) is 2.17. The molecule has 2 aromatic carbocycles. The lowest BCUT2D eigenvalue weighted by atomic mass is 10.2. The molecular weight excluding hydrogens is 398 g/mol. The van der Waals surface area contributed by atoms with Gasteiger partial charge in [-0.3, -0.25) is 4.79 Å². The molecule has 1 heterocycles. The lowest BCUT2D eigenvalue weighted by molar-refractivity contribution is -0.119. The van der Waals surface area contributed by atoms with Crippen LogP contribution >= 0.6 is 11.6 Å². The molecule has 1 amide bonds. The van der Waals surface area contributed by atoms with E-state index in [9.17, 15) is 9.59 Å². The summed E-state index contributed by atoms with van der Waals surface area (Å²) >= 11 is 5.93. The molecule has 0 bridgehead atoms. The third kappa shape index (κ3) is 6.10. The maximum atomic E-state index is 12.1. The minimum atomic E-state index is -0.608. The number of carbonyl (C=O) groups excluding carboxylic acids is 2. The Morgan fingerprint density at radius 1 is 1.21 bits per heavy atom. The van der Waals surface area contributed by atoms with Crippen molar-refractivity contribution >= 4 is 29.2 Å². The fourth-order valence-electron chi connectivity index (χ4n) is 2.83. The average Bonchev–Trinajstić information content (AvgIpc) is 3.25. The first kappa shape index (κ1) is 21.0. The van der Waals surface area contributed by atoms with Crippen molar-refractivity contribution in [2.75, 3.05) is 32.2 Å². The molecular formula is C21H22ClNO6. The van der Waals surface area contributed by atoms with Crippen LogP contribution in [0.25, 0.3) is 0 Å². The lowest BCUT2D eigenvalue weighted by Crippen LogP contribution is -2.21.